The number of rotatable bonds is 8. The fraction of sp³-hybridized carbons (Fsp3) is 0.235. The van der Waals surface area contributed by atoms with Crippen molar-refractivity contribution in [2.45, 2.75) is 13.3 Å². The van der Waals surface area contributed by atoms with Crippen molar-refractivity contribution in [1.82, 2.24) is 0 Å². The molecule has 0 fully saturated rings. The number of anilines is 3. The number of amidine groups is 1. The average Bonchev–Trinajstić information content (AvgIpc) is 3.08. The molecule has 0 radical (unpaired) electrons. The van der Waals surface area contributed by atoms with E-state index in [1.165, 1.54) is 11.4 Å². The van der Waals surface area contributed by atoms with Crippen molar-refractivity contribution in [1.29, 1.82) is 5.41 Å². The summed E-state index contributed by atoms with van der Waals surface area (Å²) >= 11 is 7.07. The van der Waals surface area contributed by atoms with E-state index in [4.69, 9.17) is 17.0 Å². The SMILES string of the molecule is C=NC(=N)c1scc(C(=O)Nc2cc(Cl)cc(NS(=O)(=O)CCC)c2F)c1NC. The first-order valence-corrected chi connectivity index (χ1v) is 11.2. The topological polar surface area (TPSA) is 124 Å². The third kappa shape index (κ3) is 5.31. The normalized spacial score (nSPS) is 11.0. The van der Waals surface area contributed by atoms with E-state index in [1.54, 1.807) is 14.0 Å². The number of sulfonamides is 1. The number of carbonyl (C=O) groups is 1. The highest BCUT2D eigenvalue weighted by molar-refractivity contribution is 7.92. The predicted molar refractivity (Wildman–Crippen MR) is 117 cm³/mol. The minimum atomic E-state index is -3.75. The van der Waals surface area contributed by atoms with Crippen LogP contribution in [0.25, 0.3) is 0 Å². The molecule has 0 bridgehead atoms. The Morgan fingerprint density at radius 2 is 2.03 bits per heavy atom. The van der Waals surface area contributed by atoms with Crippen LogP contribution >= 0.6 is 22.9 Å². The lowest BCUT2D eigenvalue weighted by molar-refractivity contribution is 0.102. The van der Waals surface area contributed by atoms with E-state index in [2.05, 4.69) is 27.1 Å². The second kappa shape index (κ2) is 9.33. The van der Waals surface area contributed by atoms with Gasteiger partial charge >= 0.3 is 0 Å². The zero-order valence-corrected chi connectivity index (χ0v) is 18.0. The molecular weight excluding hydrogens is 441 g/mol. The van der Waals surface area contributed by atoms with Crippen LogP contribution < -0.4 is 15.4 Å². The van der Waals surface area contributed by atoms with Gasteiger partial charge in [0.1, 0.15) is 0 Å². The molecule has 2 rings (SSSR count). The quantitative estimate of drug-likeness (QED) is 0.351. The minimum absolute atomic E-state index is 0.0355. The van der Waals surface area contributed by atoms with Crippen molar-refractivity contribution in [2.75, 3.05) is 28.2 Å². The molecule has 1 aromatic heterocycles. The van der Waals surface area contributed by atoms with E-state index in [-0.39, 0.29) is 33.5 Å². The number of carbonyl (C=O) groups excluding carboxylic acids is 1. The largest absolute Gasteiger partial charge is 0.386 e. The van der Waals surface area contributed by atoms with Crippen LogP contribution in [0.2, 0.25) is 5.02 Å². The number of nitrogens with zero attached hydrogens (tertiary/aromatic N) is 1. The number of benzene rings is 1. The van der Waals surface area contributed by atoms with Crippen molar-refractivity contribution in [3.05, 3.63) is 38.8 Å². The van der Waals surface area contributed by atoms with Crippen LogP contribution in [-0.2, 0) is 10.0 Å². The Balaban J connectivity index is 2.38. The van der Waals surface area contributed by atoms with E-state index >= 15 is 0 Å². The van der Waals surface area contributed by atoms with Crippen molar-refractivity contribution >= 4 is 68.5 Å². The van der Waals surface area contributed by atoms with Crippen LogP contribution in [-0.4, -0.2) is 39.7 Å². The molecule has 0 atom stereocenters. The maximum atomic E-state index is 14.8. The number of nitrogens with one attached hydrogen (secondary N) is 4. The highest BCUT2D eigenvalue weighted by atomic mass is 35.5. The third-order valence-corrected chi connectivity index (χ3v) is 6.36. The van der Waals surface area contributed by atoms with E-state index in [0.717, 1.165) is 17.4 Å². The number of halogens is 2. The van der Waals surface area contributed by atoms with Gasteiger partial charge in [0.05, 0.1) is 33.3 Å². The molecule has 0 unspecified atom stereocenters. The molecule has 0 spiro atoms. The lowest BCUT2D eigenvalue weighted by atomic mass is 10.2. The Morgan fingerprint density at radius 3 is 2.62 bits per heavy atom. The molecular formula is C17H19ClFN5O3S2. The number of thiophene rings is 1. The van der Waals surface area contributed by atoms with Gasteiger partial charge in [0, 0.05) is 17.5 Å². The molecule has 0 aliphatic carbocycles. The Kier molecular flexibility index (Phi) is 7.33. The van der Waals surface area contributed by atoms with Gasteiger partial charge in [-0.25, -0.2) is 17.8 Å². The van der Waals surface area contributed by atoms with Crippen molar-refractivity contribution in [3.8, 4) is 0 Å². The molecule has 1 aromatic carbocycles. The summed E-state index contributed by atoms with van der Waals surface area (Å²) in [6.45, 7) is 4.97. The Hall–Kier alpha value is -2.50. The molecule has 0 saturated heterocycles. The summed E-state index contributed by atoms with van der Waals surface area (Å²) in [5.41, 5.74) is -0.147. The second-order valence-corrected chi connectivity index (χ2v) is 8.96. The van der Waals surface area contributed by atoms with E-state index in [0.29, 0.717) is 17.0 Å². The fourth-order valence-electron chi connectivity index (χ4n) is 2.45. The predicted octanol–water partition coefficient (Wildman–Crippen LogP) is 4.01. The first kappa shape index (κ1) is 22.8. The maximum Gasteiger partial charge on any atom is 0.258 e. The zero-order valence-electron chi connectivity index (χ0n) is 15.6. The van der Waals surface area contributed by atoms with Gasteiger partial charge in [-0.1, -0.05) is 18.5 Å². The van der Waals surface area contributed by atoms with Crippen LogP contribution in [0.4, 0.5) is 21.5 Å². The van der Waals surface area contributed by atoms with Crippen LogP contribution in [0.3, 0.4) is 0 Å². The first-order chi connectivity index (χ1) is 13.6. The van der Waals surface area contributed by atoms with E-state index in [9.17, 15) is 17.6 Å². The second-order valence-electron chi connectivity index (χ2n) is 5.80. The van der Waals surface area contributed by atoms with Gasteiger partial charge < -0.3 is 10.6 Å². The molecule has 0 saturated carbocycles. The monoisotopic (exact) mass is 459 g/mol. The fourth-order valence-corrected chi connectivity index (χ4v) is 4.76. The summed E-state index contributed by atoms with van der Waals surface area (Å²) in [7, 11) is -2.18. The van der Waals surface area contributed by atoms with Crippen LogP contribution in [0.15, 0.2) is 22.5 Å². The summed E-state index contributed by atoms with van der Waals surface area (Å²) in [6, 6.07) is 2.30. The average molecular weight is 460 g/mol. The Morgan fingerprint density at radius 1 is 1.38 bits per heavy atom. The molecule has 1 amide bonds. The highest BCUT2D eigenvalue weighted by Crippen LogP contribution is 2.32. The molecule has 8 nitrogen and oxygen atoms in total. The van der Waals surface area contributed by atoms with Gasteiger partial charge in [-0.05, 0) is 25.3 Å². The smallest absolute Gasteiger partial charge is 0.258 e. The van der Waals surface area contributed by atoms with Gasteiger partial charge in [0.15, 0.2) is 11.7 Å². The summed E-state index contributed by atoms with van der Waals surface area (Å²) in [5, 5.41) is 14.5. The van der Waals surface area contributed by atoms with Crippen LogP contribution in [0, 0.1) is 11.2 Å². The molecule has 0 aliphatic heterocycles. The summed E-state index contributed by atoms with van der Waals surface area (Å²) < 4.78 is 40.8. The zero-order chi connectivity index (χ0) is 21.8. The number of aliphatic imine (C=N–C) groups is 1. The molecule has 2 aromatic rings. The lowest BCUT2D eigenvalue weighted by Gasteiger charge is -2.13. The minimum Gasteiger partial charge on any atom is -0.386 e. The molecule has 29 heavy (non-hydrogen) atoms. The molecule has 1 heterocycles. The van der Waals surface area contributed by atoms with Gasteiger partial charge in [-0.15, -0.1) is 11.3 Å². The van der Waals surface area contributed by atoms with Crippen molar-refractivity contribution in [2.24, 2.45) is 4.99 Å². The van der Waals surface area contributed by atoms with E-state index in [1.807, 2.05) is 0 Å². The summed E-state index contributed by atoms with van der Waals surface area (Å²) in [5.74, 6) is -1.94. The summed E-state index contributed by atoms with van der Waals surface area (Å²) in [4.78, 5) is 16.6. The molecule has 4 N–H and O–H groups in total. The van der Waals surface area contributed by atoms with E-state index < -0.39 is 21.7 Å². The summed E-state index contributed by atoms with van der Waals surface area (Å²) in [6.07, 6.45) is 0.350. The Bertz CT molecular complexity index is 1070. The van der Waals surface area contributed by atoms with Crippen LogP contribution in [0.5, 0.6) is 0 Å². The van der Waals surface area contributed by atoms with Crippen molar-refractivity contribution in [3.63, 3.8) is 0 Å². The van der Waals surface area contributed by atoms with Gasteiger partial charge in [-0.2, -0.15) is 0 Å². The standard InChI is InChI=1S/C17H19ClFN5O3S2/c1-4-5-29(26,27)24-12-7-9(18)6-11(13(12)19)23-17(25)10-8-28-15(14(10)21-2)16(20)22-3/h6-8,20-21,24H,3-5H2,1-2H3,(H,23,25). The van der Waals surface area contributed by atoms with Gasteiger partial charge in [-0.3, -0.25) is 14.9 Å². The number of hydrogen-bond donors (Lipinski definition) is 4. The lowest BCUT2D eigenvalue weighted by Crippen LogP contribution is -2.18. The van der Waals surface area contributed by atoms with Crippen molar-refractivity contribution < 1.29 is 17.6 Å². The molecule has 156 valence electrons. The number of amides is 1. The third-order valence-electron chi connectivity index (χ3n) is 3.68. The van der Waals surface area contributed by atoms with Crippen LogP contribution in [0.1, 0.15) is 28.6 Å². The molecule has 12 heteroatoms. The molecule has 0 aliphatic rings. The first-order valence-electron chi connectivity index (χ1n) is 8.29. The maximum absolute atomic E-state index is 14.8. The van der Waals surface area contributed by atoms with Gasteiger partial charge in [0.2, 0.25) is 10.0 Å². The van der Waals surface area contributed by atoms with Gasteiger partial charge in [0.25, 0.3) is 5.91 Å². The highest BCUT2D eigenvalue weighted by Gasteiger charge is 2.22. The Labute approximate surface area is 176 Å². The number of hydrogen-bond acceptors (Lipinski definition) is 6.